The molecule has 2 rings (SSSR count). The van der Waals surface area contributed by atoms with Gasteiger partial charge < -0.3 is 14.5 Å². The fourth-order valence-electron chi connectivity index (χ4n) is 1.26. The van der Waals surface area contributed by atoms with E-state index in [4.69, 9.17) is 0 Å². The highest BCUT2D eigenvalue weighted by Crippen LogP contribution is 2.12. The number of aromatic carboxylic acids is 1. The summed E-state index contributed by atoms with van der Waals surface area (Å²) in [5.41, 5.74) is 1.74. The van der Waals surface area contributed by atoms with Gasteiger partial charge in [-0.1, -0.05) is 6.07 Å². The lowest BCUT2D eigenvalue weighted by atomic mass is 10.2. The van der Waals surface area contributed by atoms with Crippen LogP contribution in [0.4, 0.5) is 0 Å². The van der Waals surface area contributed by atoms with E-state index in [1.54, 1.807) is 12.4 Å². The molecule has 4 heteroatoms. The fraction of sp³-hybridized carbons (Fsp3) is 0.111. The van der Waals surface area contributed by atoms with Gasteiger partial charge in [0.1, 0.15) is 0 Å². The number of fused-ring (bicyclic) bond motifs is 1. The van der Waals surface area contributed by atoms with Crippen LogP contribution in [0.3, 0.4) is 0 Å². The normalized spacial score (nSPS) is 10.5. The molecule has 0 N–H and O–H groups in total. The third-order valence-corrected chi connectivity index (χ3v) is 1.96. The van der Waals surface area contributed by atoms with Crippen LogP contribution in [0, 0.1) is 0 Å². The van der Waals surface area contributed by atoms with E-state index in [2.05, 4.69) is 4.98 Å². The van der Waals surface area contributed by atoms with Gasteiger partial charge in [0, 0.05) is 7.05 Å². The van der Waals surface area contributed by atoms with Gasteiger partial charge in [-0.2, -0.15) is 0 Å². The molecule has 0 radical (unpaired) electrons. The van der Waals surface area contributed by atoms with Crippen LogP contribution in [-0.4, -0.2) is 15.5 Å². The van der Waals surface area contributed by atoms with Crippen molar-refractivity contribution in [2.75, 3.05) is 0 Å². The summed E-state index contributed by atoms with van der Waals surface area (Å²) in [7, 11) is 1.86. The number of hydrogen-bond acceptors (Lipinski definition) is 3. The summed E-state index contributed by atoms with van der Waals surface area (Å²) in [4.78, 5) is 14.5. The van der Waals surface area contributed by atoms with Crippen LogP contribution in [0.1, 0.15) is 10.4 Å². The van der Waals surface area contributed by atoms with Crippen LogP contribution in [0.25, 0.3) is 11.0 Å². The average molecular weight is 175 g/mol. The van der Waals surface area contributed by atoms with Gasteiger partial charge in [-0.3, -0.25) is 0 Å². The van der Waals surface area contributed by atoms with Crippen molar-refractivity contribution in [3.05, 3.63) is 30.1 Å². The lowest BCUT2D eigenvalue weighted by Gasteiger charge is -2.01. The second-order valence-electron chi connectivity index (χ2n) is 2.85. The number of rotatable bonds is 1. The summed E-state index contributed by atoms with van der Waals surface area (Å²) in [5, 5.41) is 10.5. The molecular weight excluding hydrogens is 168 g/mol. The van der Waals surface area contributed by atoms with Crippen molar-refractivity contribution in [1.82, 2.24) is 9.55 Å². The third-order valence-electron chi connectivity index (χ3n) is 1.96. The molecule has 1 heterocycles. The molecule has 0 amide bonds. The molecule has 0 aliphatic carbocycles. The van der Waals surface area contributed by atoms with Crippen molar-refractivity contribution in [3.63, 3.8) is 0 Å². The van der Waals surface area contributed by atoms with Crippen molar-refractivity contribution in [3.8, 4) is 0 Å². The van der Waals surface area contributed by atoms with E-state index in [1.165, 1.54) is 12.1 Å². The van der Waals surface area contributed by atoms with Gasteiger partial charge in [0.2, 0.25) is 0 Å². The van der Waals surface area contributed by atoms with E-state index in [0.717, 1.165) is 5.52 Å². The minimum Gasteiger partial charge on any atom is -0.545 e. The molecule has 0 saturated carbocycles. The molecule has 0 aliphatic rings. The fourth-order valence-corrected chi connectivity index (χ4v) is 1.26. The lowest BCUT2D eigenvalue weighted by molar-refractivity contribution is -0.255. The number of hydrogen-bond donors (Lipinski definition) is 0. The zero-order valence-corrected chi connectivity index (χ0v) is 7.02. The molecular formula is C9H7N2O2-. The Morgan fingerprint density at radius 1 is 1.54 bits per heavy atom. The molecule has 0 saturated heterocycles. The molecule has 0 fully saturated rings. The number of aryl methyl sites for hydroxylation is 1. The molecule has 0 atom stereocenters. The van der Waals surface area contributed by atoms with Crippen molar-refractivity contribution >= 4 is 17.0 Å². The van der Waals surface area contributed by atoms with Gasteiger partial charge in [-0.15, -0.1) is 0 Å². The summed E-state index contributed by atoms with van der Waals surface area (Å²) >= 11 is 0. The van der Waals surface area contributed by atoms with E-state index in [-0.39, 0.29) is 5.56 Å². The molecule has 1 aromatic carbocycles. The molecule has 1 aromatic heterocycles. The van der Waals surface area contributed by atoms with Crippen molar-refractivity contribution in [2.45, 2.75) is 0 Å². The molecule has 0 unspecified atom stereocenters. The first-order valence-corrected chi connectivity index (χ1v) is 3.81. The van der Waals surface area contributed by atoms with E-state index in [0.29, 0.717) is 5.52 Å². The predicted molar refractivity (Wildman–Crippen MR) is 45.0 cm³/mol. The number of carbonyl (C=O) groups excluding carboxylic acids is 1. The molecule has 0 bridgehead atoms. The number of aromatic nitrogens is 2. The highest BCUT2D eigenvalue weighted by atomic mass is 16.4. The average Bonchev–Trinajstić information content (AvgIpc) is 2.47. The Hall–Kier alpha value is -1.84. The molecule has 66 valence electrons. The molecule has 4 nitrogen and oxygen atoms in total. The summed E-state index contributed by atoms with van der Waals surface area (Å²) in [6.07, 6.45) is 1.64. The van der Waals surface area contributed by atoms with Crippen molar-refractivity contribution < 1.29 is 9.90 Å². The van der Waals surface area contributed by atoms with E-state index in [9.17, 15) is 9.90 Å². The Labute approximate surface area is 74.4 Å². The smallest absolute Gasteiger partial charge is 0.0955 e. The zero-order valence-electron chi connectivity index (χ0n) is 7.02. The predicted octanol–water partition coefficient (Wildman–Crippen LogP) is -0.0632. The molecule has 0 spiro atoms. The van der Waals surface area contributed by atoms with Crippen LogP contribution >= 0.6 is 0 Å². The summed E-state index contributed by atoms with van der Waals surface area (Å²) < 4.78 is 1.83. The minimum atomic E-state index is -1.17. The second kappa shape index (κ2) is 2.58. The van der Waals surface area contributed by atoms with Crippen LogP contribution in [-0.2, 0) is 7.05 Å². The second-order valence-corrected chi connectivity index (χ2v) is 2.85. The maximum absolute atomic E-state index is 10.5. The van der Waals surface area contributed by atoms with E-state index < -0.39 is 5.97 Å². The number of benzene rings is 1. The Balaban J connectivity index is 2.70. The number of nitrogens with zero attached hydrogens (tertiary/aromatic N) is 2. The van der Waals surface area contributed by atoms with Gasteiger partial charge in [0.15, 0.2) is 0 Å². The maximum Gasteiger partial charge on any atom is 0.0955 e. The largest absolute Gasteiger partial charge is 0.545 e. The first-order chi connectivity index (χ1) is 6.18. The highest BCUT2D eigenvalue weighted by Gasteiger charge is 2.00. The van der Waals surface area contributed by atoms with Gasteiger partial charge in [-0.05, 0) is 17.7 Å². The standard InChI is InChI=1S/C9H8N2O2/c1-11-5-10-7-4-6(9(12)13)2-3-8(7)11/h2-5H,1H3,(H,12,13)/p-1. The summed E-state index contributed by atoms with van der Waals surface area (Å²) in [6, 6.07) is 4.73. The maximum atomic E-state index is 10.5. The first kappa shape index (κ1) is 7.79. The van der Waals surface area contributed by atoms with Crippen molar-refractivity contribution in [1.29, 1.82) is 0 Å². The Bertz CT molecular complexity index is 473. The van der Waals surface area contributed by atoms with Crippen LogP contribution in [0.2, 0.25) is 0 Å². The molecule has 13 heavy (non-hydrogen) atoms. The monoisotopic (exact) mass is 175 g/mol. The van der Waals surface area contributed by atoms with Gasteiger partial charge >= 0.3 is 0 Å². The SMILES string of the molecule is Cn1cnc2cc(C(=O)[O-])ccc21. The van der Waals surface area contributed by atoms with Crippen LogP contribution in [0.15, 0.2) is 24.5 Å². The quantitative estimate of drug-likeness (QED) is 0.610. The molecule has 0 aliphatic heterocycles. The van der Waals surface area contributed by atoms with E-state index >= 15 is 0 Å². The molecule has 2 aromatic rings. The van der Waals surface area contributed by atoms with E-state index in [1.807, 2.05) is 11.6 Å². The Morgan fingerprint density at radius 2 is 2.31 bits per heavy atom. The Morgan fingerprint density at radius 3 is 3.00 bits per heavy atom. The van der Waals surface area contributed by atoms with Gasteiger partial charge in [-0.25, -0.2) is 4.98 Å². The van der Waals surface area contributed by atoms with Crippen molar-refractivity contribution in [2.24, 2.45) is 7.05 Å². The Kier molecular flexibility index (Phi) is 1.55. The van der Waals surface area contributed by atoms with Gasteiger partial charge in [0.05, 0.1) is 23.3 Å². The topological polar surface area (TPSA) is 58.0 Å². The first-order valence-electron chi connectivity index (χ1n) is 3.81. The minimum absolute atomic E-state index is 0.159. The summed E-state index contributed by atoms with van der Waals surface area (Å²) in [5.74, 6) is -1.17. The number of imidazole rings is 1. The highest BCUT2D eigenvalue weighted by molar-refractivity contribution is 5.91. The lowest BCUT2D eigenvalue weighted by Crippen LogP contribution is -2.21. The number of carbonyl (C=O) groups is 1. The third kappa shape index (κ3) is 1.16. The number of carboxylic acid groups (broad SMARTS) is 1. The summed E-state index contributed by atoms with van der Waals surface area (Å²) in [6.45, 7) is 0. The zero-order chi connectivity index (χ0) is 9.42. The number of carboxylic acids is 1. The van der Waals surface area contributed by atoms with Crippen LogP contribution in [0.5, 0.6) is 0 Å². The van der Waals surface area contributed by atoms with Gasteiger partial charge in [0.25, 0.3) is 0 Å². The van der Waals surface area contributed by atoms with Crippen LogP contribution < -0.4 is 5.11 Å².